The maximum atomic E-state index is 13.2. The van der Waals surface area contributed by atoms with E-state index in [0.29, 0.717) is 28.3 Å². The molecule has 0 saturated heterocycles. The molecule has 0 radical (unpaired) electrons. The lowest BCUT2D eigenvalue weighted by atomic mass is 9.82. The van der Waals surface area contributed by atoms with Crippen LogP contribution in [-0.2, 0) is 14.3 Å². The number of nitrogens with one attached hydrogen (secondary N) is 2. The number of fused-ring (bicyclic) bond motifs is 1. The second-order valence-corrected chi connectivity index (χ2v) is 9.15. The van der Waals surface area contributed by atoms with E-state index >= 15 is 0 Å². The van der Waals surface area contributed by atoms with Crippen molar-refractivity contribution in [3.63, 3.8) is 0 Å². The number of carboxylic acids is 1. The largest absolute Gasteiger partial charge is 0.481 e. The summed E-state index contributed by atoms with van der Waals surface area (Å²) in [6.07, 6.45) is 6.58. The number of anilines is 1. The minimum atomic E-state index is -0.937. The minimum absolute atomic E-state index is 0.0892. The molecule has 0 bridgehead atoms. The van der Waals surface area contributed by atoms with Crippen LogP contribution in [0.5, 0.6) is 0 Å². The van der Waals surface area contributed by atoms with E-state index in [1.165, 1.54) is 7.11 Å². The van der Waals surface area contributed by atoms with Crippen molar-refractivity contribution in [2.45, 2.75) is 44.6 Å². The summed E-state index contributed by atoms with van der Waals surface area (Å²) in [7, 11) is 1.30. The molecule has 2 heterocycles. The lowest BCUT2D eigenvalue weighted by Crippen LogP contribution is -2.42. The van der Waals surface area contributed by atoms with E-state index in [9.17, 15) is 19.5 Å². The number of methoxy groups -OCH3 is 1. The lowest BCUT2D eigenvalue weighted by molar-refractivity contribution is -0.139. The molecule has 192 valence electrons. The maximum absolute atomic E-state index is 13.2. The molecule has 1 saturated carbocycles. The molecule has 4 rings (SSSR count). The van der Waals surface area contributed by atoms with Crippen LogP contribution in [0.15, 0.2) is 42.6 Å². The number of carbonyl (C=O) groups is 3. The van der Waals surface area contributed by atoms with Gasteiger partial charge in [0, 0.05) is 23.4 Å². The standard InChI is InChI=1S/C27H29N5O5/c1-37-24(35)16-29-26-25(19-9-7-17(15-28)8-10-19)31-22-13-20(11-12-32(22)26)27(36)30-21(14-23(33)34)18-5-3-2-4-6-18/h7-13,18,21,29H,2-6,14,16H2,1H3,(H,30,36)(H,33,34). The Morgan fingerprint density at radius 3 is 2.57 bits per heavy atom. The first-order valence-corrected chi connectivity index (χ1v) is 12.3. The van der Waals surface area contributed by atoms with Crippen LogP contribution in [0.1, 0.15) is 54.4 Å². The van der Waals surface area contributed by atoms with E-state index < -0.39 is 18.0 Å². The molecule has 1 aromatic carbocycles. The summed E-state index contributed by atoms with van der Waals surface area (Å²) in [6.45, 7) is -0.0892. The summed E-state index contributed by atoms with van der Waals surface area (Å²) in [6, 6.07) is 11.8. The number of aliphatic carboxylic acids is 1. The molecule has 1 amide bonds. The van der Waals surface area contributed by atoms with Crippen LogP contribution in [0, 0.1) is 17.2 Å². The number of aromatic nitrogens is 2. The third kappa shape index (κ3) is 6.06. The van der Waals surface area contributed by atoms with Gasteiger partial charge in [-0.05, 0) is 43.0 Å². The summed E-state index contributed by atoms with van der Waals surface area (Å²) in [5, 5.41) is 24.5. The number of ether oxygens (including phenoxy) is 1. The molecule has 0 aliphatic heterocycles. The molecule has 1 atom stereocenters. The van der Waals surface area contributed by atoms with Gasteiger partial charge in [0.05, 0.1) is 25.2 Å². The summed E-state index contributed by atoms with van der Waals surface area (Å²) < 4.78 is 6.46. The highest BCUT2D eigenvalue weighted by Gasteiger charge is 2.28. The molecule has 2 aromatic heterocycles. The van der Waals surface area contributed by atoms with E-state index in [-0.39, 0.29) is 24.8 Å². The number of nitriles is 1. The highest BCUT2D eigenvalue weighted by molar-refractivity contribution is 5.96. The predicted molar refractivity (Wildman–Crippen MR) is 136 cm³/mol. The number of hydrogen-bond donors (Lipinski definition) is 3. The predicted octanol–water partition coefficient (Wildman–Crippen LogP) is 3.61. The zero-order chi connectivity index (χ0) is 26.4. The van der Waals surface area contributed by atoms with Gasteiger partial charge in [-0.3, -0.25) is 18.8 Å². The topological polar surface area (TPSA) is 146 Å². The van der Waals surface area contributed by atoms with E-state index in [1.54, 1.807) is 47.0 Å². The number of carbonyl (C=O) groups excluding carboxylic acids is 2. The zero-order valence-electron chi connectivity index (χ0n) is 20.6. The molecule has 1 unspecified atom stereocenters. The van der Waals surface area contributed by atoms with Gasteiger partial charge in [-0.1, -0.05) is 31.4 Å². The molecule has 3 aromatic rings. The summed E-state index contributed by atoms with van der Waals surface area (Å²) >= 11 is 0. The van der Waals surface area contributed by atoms with Gasteiger partial charge >= 0.3 is 11.9 Å². The van der Waals surface area contributed by atoms with Gasteiger partial charge in [0.25, 0.3) is 5.91 Å². The van der Waals surface area contributed by atoms with Crippen molar-refractivity contribution in [1.82, 2.24) is 14.7 Å². The van der Waals surface area contributed by atoms with E-state index in [0.717, 1.165) is 37.7 Å². The first-order valence-electron chi connectivity index (χ1n) is 12.3. The van der Waals surface area contributed by atoms with E-state index in [2.05, 4.69) is 16.7 Å². The van der Waals surface area contributed by atoms with Crippen molar-refractivity contribution in [3.05, 3.63) is 53.7 Å². The monoisotopic (exact) mass is 503 g/mol. The van der Waals surface area contributed by atoms with Gasteiger partial charge in [0.1, 0.15) is 23.7 Å². The average Bonchev–Trinajstić information content (AvgIpc) is 3.29. The quantitative estimate of drug-likeness (QED) is 0.375. The van der Waals surface area contributed by atoms with E-state index in [1.807, 2.05) is 0 Å². The highest BCUT2D eigenvalue weighted by atomic mass is 16.5. The maximum Gasteiger partial charge on any atom is 0.325 e. The fourth-order valence-corrected chi connectivity index (χ4v) is 4.80. The van der Waals surface area contributed by atoms with Crippen LogP contribution in [0.2, 0.25) is 0 Å². The van der Waals surface area contributed by atoms with Crippen LogP contribution in [0.3, 0.4) is 0 Å². The summed E-state index contributed by atoms with van der Waals surface area (Å²) in [4.78, 5) is 41.1. The zero-order valence-corrected chi connectivity index (χ0v) is 20.6. The third-order valence-electron chi connectivity index (χ3n) is 6.73. The Morgan fingerprint density at radius 2 is 1.92 bits per heavy atom. The van der Waals surface area contributed by atoms with Gasteiger partial charge in [-0.25, -0.2) is 4.98 Å². The van der Waals surface area contributed by atoms with Crippen LogP contribution >= 0.6 is 0 Å². The van der Waals surface area contributed by atoms with Crippen LogP contribution in [0.4, 0.5) is 5.82 Å². The first kappa shape index (κ1) is 25.7. The number of esters is 1. The molecule has 1 aliphatic rings. The lowest BCUT2D eigenvalue weighted by Gasteiger charge is -2.30. The van der Waals surface area contributed by atoms with Crippen molar-refractivity contribution >= 4 is 29.3 Å². The number of carboxylic acid groups (broad SMARTS) is 1. The first-order chi connectivity index (χ1) is 17.9. The van der Waals surface area contributed by atoms with Crippen molar-refractivity contribution in [2.24, 2.45) is 5.92 Å². The number of nitrogens with zero attached hydrogens (tertiary/aromatic N) is 3. The molecule has 0 spiro atoms. The van der Waals surface area contributed by atoms with Crippen LogP contribution < -0.4 is 10.6 Å². The Hall–Kier alpha value is -4.39. The molecule has 1 fully saturated rings. The Morgan fingerprint density at radius 1 is 1.19 bits per heavy atom. The summed E-state index contributed by atoms with van der Waals surface area (Å²) in [5.74, 6) is -1.08. The fraction of sp³-hybridized carbons (Fsp3) is 0.370. The third-order valence-corrected chi connectivity index (χ3v) is 6.73. The number of benzene rings is 1. The second kappa shape index (κ2) is 11.6. The van der Waals surface area contributed by atoms with Gasteiger partial charge in [-0.15, -0.1) is 0 Å². The van der Waals surface area contributed by atoms with Crippen molar-refractivity contribution < 1.29 is 24.2 Å². The molecule has 3 N–H and O–H groups in total. The Bertz CT molecular complexity index is 1340. The Labute approximate surface area is 214 Å². The minimum Gasteiger partial charge on any atom is -0.481 e. The van der Waals surface area contributed by atoms with Crippen LogP contribution in [-0.4, -0.2) is 52.0 Å². The average molecular weight is 504 g/mol. The van der Waals surface area contributed by atoms with Gasteiger partial charge in [-0.2, -0.15) is 5.26 Å². The number of imidazole rings is 1. The smallest absolute Gasteiger partial charge is 0.325 e. The van der Waals surface area contributed by atoms with Crippen molar-refractivity contribution in [2.75, 3.05) is 19.0 Å². The molecule has 1 aliphatic carbocycles. The second-order valence-electron chi connectivity index (χ2n) is 9.15. The van der Waals surface area contributed by atoms with Crippen LogP contribution in [0.25, 0.3) is 16.9 Å². The van der Waals surface area contributed by atoms with Gasteiger partial charge in [0.2, 0.25) is 0 Å². The summed E-state index contributed by atoms with van der Waals surface area (Å²) in [5.41, 5.74) is 2.59. The van der Waals surface area contributed by atoms with Gasteiger partial charge in [0.15, 0.2) is 0 Å². The van der Waals surface area contributed by atoms with Crippen molar-refractivity contribution in [1.29, 1.82) is 5.26 Å². The molecule has 10 heteroatoms. The van der Waals surface area contributed by atoms with E-state index in [4.69, 9.17) is 15.0 Å². The molecular formula is C27H29N5O5. The number of rotatable bonds is 9. The van der Waals surface area contributed by atoms with Gasteiger partial charge < -0.3 is 20.5 Å². The normalized spacial score (nSPS) is 14.5. The fourth-order valence-electron chi connectivity index (χ4n) is 4.80. The number of pyridine rings is 1. The number of hydrogen-bond acceptors (Lipinski definition) is 7. The molecular weight excluding hydrogens is 474 g/mol. The Balaban J connectivity index is 1.65. The Kier molecular flexibility index (Phi) is 8.03. The van der Waals surface area contributed by atoms with Crippen molar-refractivity contribution in [3.8, 4) is 17.3 Å². The molecule has 37 heavy (non-hydrogen) atoms. The SMILES string of the molecule is COC(=O)CNc1c(-c2ccc(C#N)cc2)nc2cc(C(=O)NC(CC(=O)O)C3CCCCC3)ccn12. The number of amides is 1. The molecule has 10 nitrogen and oxygen atoms in total. The highest BCUT2D eigenvalue weighted by Crippen LogP contribution is 2.30.